The molecule has 0 radical (unpaired) electrons. The Morgan fingerprint density at radius 1 is 0.875 bits per heavy atom. The van der Waals surface area contributed by atoms with Gasteiger partial charge in [0.25, 0.3) is 0 Å². The Kier molecular flexibility index (Phi) is 3.65. The van der Waals surface area contributed by atoms with E-state index in [0.717, 1.165) is 0 Å². The minimum absolute atomic E-state index is 0.180. The number of nitrogens with zero attached hydrogens (tertiary/aromatic N) is 1. The smallest absolute Gasteiger partial charge is 0.0215 e. The van der Waals surface area contributed by atoms with Crippen LogP contribution in [0.1, 0.15) is 43.7 Å². The zero-order valence-corrected chi connectivity index (χ0v) is 15.3. The van der Waals surface area contributed by atoms with Crippen LogP contribution in [0.3, 0.4) is 0 Å². The Bertz CT molecular complexity index is 904. The van der Waals surface area contributed by atoms with Crippen LogP contribution in [0.25, 0.3) is 21.5 Å². The first-order valence-corrected chi connectivity index (χ1v) is 9.11. The second-order valence-electron chi connectivity index (χ2n) is 8.01. The van der Waals surface area contributed by atoms with Crippen LogP contribution >= 0.6 is 0 Å². The second kappa shape index (κ2) is 5.60. The SMILES string of the molecule is CN(C)C(C)(C)C1CCCc2c1ccc1c2ccc2ccccc21. The van der Waals surface area contributed by atoms with Crippen molar-refractivity contribution in [2.24, 2.45) is 0 Å². The Hall–Kier alpha value is -1.86. The highest BCUT2D eigenvalue weighted by molar-refractivity contribution is 6.08. The quantitative estimate of drug-likeness (QED) is 0.544. The third-order valence-corrected chi connectivity index (χ3v) is 6.37. The first-order chi connectivity index (χ1) is 11.5. The van der Waals surface area contributed by atoms with E-state index >= 15 is 0 Å². The lowest BCUT2D eigenvalue weighted by Crippen LogP contribution is -2.44. The molecule has 1 aliphatic carbocycles. The van der Waals surface area contributed by atoms with Gasteiger partial charge in [-0.25, -0.2) is 0 Å². The van der Waals surface area contributed by atoms with Crippen molar-refractivity contribution in [2.75, 3.05) is 14.1 Å². The van der Waals surface area contributed by atoms with Crippen molar-refractivity contribution in [2.45, 2.75) is 44.6 Å². The summed E-state index contributed by atoms with van der Waals surface area (Å²) in [5.74, 6) is 0.604. The lowest BCUT2D eigenvalue weighted by Gasteiger charge is -2.43. The van der Waals surface area contributed by atoms with Crippen molar-refractivity contribution in [1.29, 1.82) is 0 Å². The lowest BCUT2D eigenvalue weighted by atomic mass is 9.71. The third-order valence-electron chi connectivity index (χ3n) is 6.37. The molecule has 0 saturated carbocycles. The fourth-order valence-electron chi connectivity index (χ4n) is 4.46. The van der Waals surface area contributed by atoms with Crippen molar-refractivity contribution in [3.63, 3.8) is 0 Å². The molecule has 1 nitrogen and oxygen atoms in total. The molecule has 0 amide bonds. The summed E-state index contributed by atoms with van der Waals surface area (Å²) in [6.45, 7) is 4.77. The fraction of sp³-hybridized carbons (Fsp3) is 0.391. The fourth-order valence-corrected chi connectivity index (χ4v) is 4.46. The van der Waals surface area contributed by atoms with Gasteiger partial charge in [-0.05, 0) is 79.9 Å². The monoisotopic (exact) mass is 317 g/mol. The van der Waals surface area contributed by atoms with E-state index in [1.54, 1.807) is 11.1 Å². The van der Waals surface area contributed by atoms with Crippen LogP contribution < -0.4 is 0 Å². The van der Waals surface area contributed by atoms with Crippen LogP contribution in [0.2, 0.25) is 0 Å². The summed E-state index contributed by atoms with van der Waals surface area (Å²) < 4.78 is 0. The number of hydrogen-bond acceptors (Lipinski definition) is 1. The molecule has 1 aliphatic rings. The molecule has 0 spiro atoms. The average Bonchev–Trinajstić information content (AvgIpc) is 2.60. The van der Waals surface area contributed by atoms with Gasteiger partial charge in [0.05, 0.1) is 0 Å². The topological polar surface area (TPSA) is 3.24 Å². The van der Waals surface area contributed by atoms with Crippen LogP contribution in [0.15, 0.2) is 48.5 Å². The number of aryl methyl sites for hydroxylation is 1. The molecule has 1 atom stereocenters. The summed E-state index contributed by atoms with van der Waals surface area (Å²) >= 11 is 0. The summed E-state index contributed by atoms with van der Waals surface area (Å²) in [5, 5.41) is 5.60. The summed E-state index contributed by atoms with van der Waals surface area (Å²) in [4.78, 5) is 2.39. The minimum Gasteiger partial charge on any atom is -0.304 e. The van der Waals surface area contributed by atoms with Gasteiger partial charge < -0.3 is 4.90 Å². The number of likely N-dealkylation sites (N-methyl/N-ethyl adjacent to an activating group) is 1. The van der Waals surface area contributed by atoms with E-state index in [0.29, 0.717) is 5.92 Å². The van der Waals surface area contributed by atoms with E-state index < -0.39 is 0 Å². The molecule has 3 aromatic carbocycles. The van der Waals surface area contributed by atoms with E-state index in [-0.39, 0.29) is 5.54 Å². The molecule has 1 heteroatoms. The van der Waals surface area contributed by atoms with Crippen LogP contribution in [-0.2, 0) is 6.42 Å². The third kappa shape index (κ3) is 2.26. The highest BCUT2D eigenvalue weighted by Crippen LogP contribution is 2.44. The van der Waals surface area contributed by atoms with E-state index in [9.17, 15) is 0 Å². The highest BCUT2D eigenvalue weighted by Gasteiger charge is 2.36. The highest BCUT2D eigenvalue weighted by atomic mass is 15.1. The van der Waals surface area contributed by atoms with Gasteiger partial charge in [-0.3, -0.25) is 0 Å². The van der Waals surface area contributed by atoms with E-state index in [2.05, 4.69) is 81.4 Å². The van der Waals surface area contributed by atoms with Crippen LogP contribution in [0.5, 0.6) is 0 Å². The molecule has 3 aromatic rings. The number of benzene rings is 3. The Morgan fingerprint density at radius 3 is 2.42 bits per heavy atom. The molecule has 0 aliphatic heterocycles. The van der Waals surface area contributed by atoms with Gasteiger partial charge in [-0.1, -0.05) is 48.5 Å². The van der Waals surface area contributed by atoms with Gasteiger partial charge in [0.15, 0.2) is 0 Å². The average molecular weight is 317 g/mol. The van der Waals surface area contributed by atoms with Crippen molar-refractivity contribution < 1.29 is 0 Å². The maximum Gasteiger partial charge on any atom is 0.0215 e. The van der Waals surface area contributed by atoms with Gasteiger partial charge in [0, 0.05) is 11.5 Å². The predicted molar refractivity (Wildman–Crippen MR) is 105 cm³/mol. The molecular formula is C23H27N. The lowest BCUT2D eigenvalue weighted by molar-refractivity contribution is 0.146. The van der Waals surface area contributed by atoms with Crippen molar-refractivity contribution >= 4 is 21.5 Å². The van der Waals surface area contributed by atoms with Gasteiger partial charge in [-0.15, -0.1) is 0 Å². The molecule has 0 aromatic heterocycles. The first kappa shape index (κ1) is 15.7. The largest absolute Gasteiger partial charge is 0.304 e. The van der Waals surface area contributed by atoms with Gasteiger partial charge in [0.2, 0.25) is 0 Å². The summed E-state index contributed by atoms with van der Waals surface area (Å²) in [6.07, 6.45) is 3.79. The van der Waals surface area contributed by atoms with E-state index in [1.807, 2.05) is 0 Å². The van der Waals surface area contributed by atoms with Crippen LogP contribution in [0, 0.1) is 0 Å². The molecule has 0 bridgehead atoms. The van der Waals surface area contributed by atoms with Crippen molar-refractivity contribution in [3.05, 3.63) is 59.7 Å². The molecule has 0 saturated heterocycles. The number of rotatable bonds is 2. The molecular weight excluding hydrogens is 290 g/mol. The summed E-state index contributed by atoms with van der Waals surface area (Å²) in [7, 11) is 4.42. The van der Waals surface area contributed by atoms with Gasteiger partial charge in [0.1, 0.15) is 0 Å². The predicted octanol–water partition coefficient (Wildman–Crippen LogP) is 5.75. The molecule has 0 N–H and O–H groups in total. The van der Waals surface area contributed by atoms with Gasteiger partial charge in [-0.2, -0.15) is 0 Å². The molecule has 124 valence electrons. The number of hydrogen-bond donors (Lipinski definition) is 0. The molecule has 24 heavy (non-hydrogen) atoms. The molecule has 1 unspecified atom stereocenters. The maximum absolute atomic E-state index is 2.42. The summed E-state index contributed by atoms with van der Waals surface area (Å²) in [6, 6.07) is 18.2. The molecule has 4 rings (SSSR count). The standard InChI is InChI=1S/C23H27N/c1-23(2,24(3)4)22-11-7-10-18-20-13-12-16-8-5-6-9-17(16)19(20)14-15-21(18)22/h5-6,8-9,12-15,22H,7,10-11H2,1-4H3. The normalized spacial score (nSPS) is 18.3. The first-order valence-electron chi connectivity index (χ1n) is 9.11. The Labute approximate surface area is 145 Å². The maximum atomic E-state index is 2.42. The Balaban J connectivity index is 1.96. The zero-order valence-electron chi connectivity index (χ0n) is 15.3. The summed E-state index contributed by atoms with van der Waals surface area (Å²) in [5.41, 5.74) is 3.34. The second-order valence-corrected chi connectivity index (χ2v) is 8.01. The van der Waals surface area contributed by atoms with Gasteiger partial charge >= 0.3 is 0 Å². The molecule has 0 heterocycles. The van der Waals surface area contributed by atoms with E-state index in [4.69, 9.17) is 0 Å². The zero-order chi connectivity index (χ0) is 16.9. The van der Waals surface area contributed by atoms with E-state index in [1.165, 1.54) is 40.8 Å². The van der Waals surface area contributed by atoms with Crippen molar-refractivity contribution in [3.8, 4) is 0 Å². The van der Waals surface area contributed by atoms with Crippen LogP contribution in [-0.4, -0.2) is 24.5 Å². The minimum atomic E-state index is 0.180. The number of fused-ring (bicyclic) bond motifs is 5. The molecule has 0 fully saturated rings. The van der Waals surface area contributed by atoms with Crippen molar-refractivity contribution in [1.82, 2.24) is 4.90 Å². The van der Waals surface area contributed by atoms with Crippen LogP contribution in [0.4, 0.5) is 0 Å². The Morgan fingerprint density at radius 2 is 1.62 bits per heavy atom.